The van der Waals surface area contributed by atoms with Crippen LogP contribution in [0.15, 0.2) is 54.6 Å². The SMILES string of the molecule is NC(=O)C1(N2CCCCC2)CCN(C(=S)Nc2ccc(Oc3ccccc3)cc2)CC1. The van der Waals surface area contributed by atoms with Crippen LogP contribution >= 0.6 is 12.2 Å². The Bertz CT molecular complexity index is 890. The Kier molecular flexibility index (Phi) is 6.73. The summed E-state index contributed by atoms with van der Waals surface area (Å²) in [6.07, 6.45) is 4.95. The first-order valence-corrected chi connectivity index (χ1v) is 11.4. The van der Waals surface area contributed by atoms with Crippen molar-refractivity contribution in [3.8, 4) is 11.5 Å². The third kappa shape index (κ3) is 4.99. The van der Waals surface area contributed by atoms with Gasteiger partial charge in [-0.25, -0.2) is 0 Å². The Balaban J connectivity index is 1.33. The third-order valence-corrected chi connectivity index (χ3v) is 6.74. The van der Waals surface area contributed by atoms with Crippen LogP contribution in [0.1, 0.15) is 32.1 Å². The van der Waals surface area contributed by atoms with E-state index in [9.17, 15) is 4.79 Å². The van der Waals surface area contributed by atoms with Gasteiger partial charge in [0, 0.05) is 18.8 Å². The quantitative estimate of drug-likeness (QED) is 0.688. The number of hydrogen-bond donors (Lipinski definition) is 2. The molecule has 4 rings (SSSR count). The van der Waals surface area contributed by atoms with Gasteiger partial charge < -0.3 is 20.7 Å². The number of benzene rings is 2. The number of thiocarbonyl (C=S) groups is 1. The van der Waals surface area contributed by atoms with Gasteiger partial charge in [0.25, 0.3) is 0 Å². The summed E-state index contributed by atoms with van der Waals surface area (Å²) in [5.41, 5.74) is 6.27. The van der Waals surface area contributed by atoms with Crippen LogP contribution in [0.25, 0.3) is 0 Å². The van der Waals surface area contributed by atoms with E-state index in [1.165, 1.54) is 6.42 Å². The largest absolute Gasteiger partial charge is 0.457 e. The lowest BCUT2D eigenvalue weighted by Gasteiger charge is -2.48. The molecule has 164 valence electrons. The summed E-state index contributed by atoms with van der Waals surface area (Å²) < 4.78 is 5.84. The molecule has 2 aliphatic heterocycles. The smallest absolute Gasteiger partial charge is 0.238 e. The van der Waals surface area contributed by atoms with Crippen molar-refractivity contribution in [1.29, 1.82) is 0 Å². The fourth-order valence-corrected chi connectivity index (χ4v) is 4.85. The highest BCUT2D eigenvalue weighted by Gasteiger charge is 2.45. The lowest BCUT2D eigenvalue weighted by atomic mass is 9.83. The van der Waals surface area contributed by atoms with Crippen molar-refractivity contribution in [3.05, 3.63) is 54.6 Å². The summed E-state index contributed by atoms with van der Waals surface area (Å²) in [7, 11) is 0. The number of carbonyl (C=O) groups is 1. The molecule has 0 aliphatic carbocycles. The van der Waals surface area contributed by atoms with Crippen LogP contribution in [0.2, 0.25) is 0 Å². The third-order valence-electron chi connectivity index (χ3n) is 6.38. The summed E-state index contributed by atoms with van der Waals surface area (Å²) in [6, 6.07) is 17.4. The molecule has 0 bridgehead atoms. The number of likely N-dealkylation sites (tertiary alicyclic amines) is 2. The molecule has 2 heterocycles. The molecule has 2 fully saturated rings. The van der Waals surface area contributed by atoms with Crippen LogP contribution < -0.4 is 15.8 Å². The number of piperidine rings is 2. The second-order valence-corrected chi connectivity index (χ2v) is 8.69. The second-order valence-electron chi connectivity index (χ2n) is 8.30. The molecule has 2 aromatic carbocycles. The number of anilines is 1. The van der Waals surface area contributed by atoms with Gasteiger partial charge in [-0.1, -0.05) is 24.6 Å². The Morgan fingerprint density at radius 2 is 1.52 bits per heavy atom. The standard InChI is InChI=1S/C24H30N4O2S/c25-22(29)24(28-15-5-2-6-16-28)13-17-27(18-14-24)23(31)26-19-9-11-21(12-10-19)30-20-7-3-1-4-8-20/h1,3-4,7-12H,2,5-6,13-18H2,(H2,25,29)(H,26,31). The van der Waals surface area contributed by atoms with Gasteiger partial charge in [-0.05, 0) is 87.4 Å². The summed E-state index contributed by atoms with van der Waals surface area (Å²) in [4.78, 5) is 16.9. The molecule has 2 saturated heterocycles. The minimum atomic E-state index is -0.525. The fraction of sp³-hybridized carbons (Fsp3) is 0.417. The first kappa shape index (κ1) is 21.6. The Morgan fingerprint density at radius 1 is 0.903 bits per heavy atom. The van der Waals surface area contributed by atoms with Gasteiger partial charge in [-0.3, -0.25) is 9.69 Å². The highest BCUT2D eigenvalue weighted by Crippen LogP contribution is 2.32. The normalized spacial score (nSPS) is 18.9. The van der Waals surface area contributed by atoms with E-state index in [4.69, 9.17) is 22.7 Å². The van der Waals surface area contributed by atoms with Crippen molar-refractivity contribution in [3.63, 3.8) is 0 Å². The number of ether oxygens (including phenoxy) is 1. The van der Waals surface area contributed by atoms with Crippen molar-refractivity contribution >= 4 is 28.9 Å². The van der Waals surface area contributed by atoms with Crippen LogP contribution in [-0.2, 0) is 4.79 Å². The number of hydrogen-bond acceptors (Lipinski definition) is 4. The molecule has 6 nitrogen and oxygen atoms in total. The predicted octanol–water partition coefficient (Wildman–Crippen LogP) is 3.98. The number of rotatable bonds is 5. The fourth-order valence-electron chi connectivity index (χ4n) is 4.55. The molecule has 0 aromatic heterocycles. The maximum Gasteiger partial charge on any atom is 0.238 e. The molecule has 0 radical (unpaired) electrons. The summed E-state index contributed by atoms with van der Waals surface area (Å²) in [5.74, 6) is 1.38. The highest BCUT2D eigenvalue weighted by atomic mass is 32.1. The summed E-state index contributed by atoms with van der Waals surface area (Å²) in [6.45, 7) is 3.37. The van der Waals surface area contributed by atoms with Gasteiger partial charge in [-0.15, -0.1) is 0 Å². The van der Waals surface area contributed by atoms with Crippen LogP contribution in [0, 0.1) is 0 Å². The molecule has 31 heavy (non-hydrogen) atoms. The van der Waals surface area contributed by atoms with E-state index in [1.54, 1.807) is 0 Å². The van der Waals surface area contributed by atoms with E-state index in [-0.39, 0.29) is 5.91 Å². The van der Waals surface area contributed by atoms with Gasteiger partial charge in [0.05, 0.1) is 0 Å². The number of para-hydroxylation sites is 1. The molecule has 0 atom stereocenters. The lowest BCUT2D eigenvalue weighted by Crippen LogP contribution is -2.64. The van der Waals surface area contributed by atoms with E-state index in [0.717, 1.165) is 56.2 Å². The number of nitrogens with two attached hydrogens (primary N) is 1. The van der Waals surface area contributed by atoms with Crippen LogP contribution in [0.3, 0.4) is 0 Å². The van der Waals surface area contributed by atoms with Crippen molar-refractivity contribution < 1.29 is 9.53 Å². The molecule has 0 saturated carbocycles. The minimum absolute atomic E-state index is 0.193. The number of nitrogens with zero attached hydrogens (tertiary/aromatic N) is 2. The van der Waals surface area contributed by atoms with Gasteiger partial charge in [0.2, 0.25) is 5.91 Å². The van der Waals surface area contributed by atoms with E-state index in [0.29, 0.717) is 18.0 Å². The van der Waals surface area contributed by atoms with E-state index in [2.05, 4.69) is 15.1 Å². The van der Waals surface area contributed by atoms with Crippen molar-refractivity contribution in [2.75, 3.05) is 31.5 Å². The lowest BCUT2D eigenvalue weighted by molar-refractivity contribution is -0.134. The van der Waals surface area contributed by atoms with E-state index in [1.807, 2.05) is 54.6 Å². The molecule has 7 heteroatoms. The number of carbonyl (C=O) groups excluding carboxylic acids is 1. The highest BCUT2D eigenvalue weighted by molar-refractivity contribution is 7.80. The maximum atomic E-state index is 12.4. The Morgan fingerprint density at radius 3 is 2.13 bits per heavy atom. The Labute approximate surface area is 189 Å². The Hall–Kier alpha value is -2.64. The van der Waals surface area contributed by atoms with Crippen molar-refractivity contribution in [1.82, 2.24) is 9.80 Å². The monoisotopic (exact) mass is 438 g/mol. The predicted molar refractivity (Wildman–Crippen MR) is 127 cm³/mol. The van der Waals surface area contributed by atoms with E-state index >= 15 is 0 Å². The summed E-state index contributed by atoms with van der Waals surface area (Å²) in [5, 5.41) is 3.99. The van der Waals surface area contributed by atoms with Gasteiger partial charge >= 0.3 is 0 Å². The average molecular weight is 439 g/mol. The van der Waals surface area contributed by atoms with Crippen LogP contribution in [0.5, 0.6) is 11.5 Å². The number of primary amides is 1. The molecule has 1 amide bonds. The van der Waals surface area contributed by atoms with Crippen molar-refractivity contribution in [2.45, 2.75) is 37.6 Å². The first-order valence-electron chi connectivity index (χ1n) is 11.0. The molecule has 3 N–H and O–H groups in total. The van der Waals surface area contributed by atoms with E-state index < -0.39 is 5.54 Å². The zero-order chi connectivity index (χ0) is 21.7. The maximum absolute atomic E-state index is 12.4. The number of nitrogens with one attached hydrogen (secondary N) is 1. The first-order chi connectivity index (χ1) is 15.1. The number of amides is 1. The second kappa shape index (κ2) is 9.66. The van der Waals surface area contributed by atoms with Crippen LogP contribution in [-0.4, -0.2) is 52.5 Å². The topological polar surface area (TPSA) is 70.8 Å². The van der Waals surface area contributed by atoms with Crippen LogP contribution in [0.4, 0.5) is 5.69 Å². The molecule has 0 unspecified atom stereocenters. The molecule has 2 aliphatic rings. The van der Waals surface area contributed by atoms with Crippen molar-refractivity contribution in [2.24, 2.45) is 5.73 Å². The average Bonchev–Trinajstić information content (AvgIpc) is 2.81. The van der Waals surface area contributed by atoms with Gasteiger partial charge in [-0.2, -0.15) is 0 Å². The molecule has 0 spiro atoms. The minimum Gasteiger partial charge on any atom is -0.457 e. The zero-order valence-electron chi connectivity index (χ0n) is 17.8. The van der Waals surface area contributed by atoms with Gasteiger partial charge in [0.15, 0.2) is 5.11 Å². The molecular formula is C24H30N4O2S. The summed E-state index contributed by atoms with van der Waals surface area (Å²) >= 11 is 5.64. The molecule has 2 aromatic rings. The molecular weight excluding hydrogens is 408 g/mol. The zero-order valence-corrected chi connectivity index (χ0v) is 18.6. The van der Waals surface area contributed by atoms with Gasteiger partial charge in [0.1, 0.15) is 17.0 Å².